The molecule has 0 radical (unpaired) electrons. The fourth-order valence-corrected chi connectivity index (χ4v) is 3.87. The summed E-state index contributed by atoms with van der Waals surface area (Å²) in [4.78, 5) is 16.8. The minimum absolute atomic E-state index is 0.0305. The lowest BCUT2D eigenvalue weighted by atomic mass is 9.88. The van der Waals surface area contributed by atoms with Gasteiger partial charge in [-0.3, -0.25) is 4.79 Å². The Labute approximate surface area is 131 Å². The van der Waals surface area contributed by atoms with E-state index < -0.39 is 0 Å². The molecule has 118 valence electrons. The molecule has 0 saturated heterocycles. The summed E-state index contributed by atoms with van der Waals surface area (Å²) < 4.78 is 2.00. The summed E-state index contributed by atoms with van der Waals surface area (Å²) in [6, 6.07) is 0. The average molecular weight is 309 g/mol. The van der Waals surface area contributed by atoms with Crippen molar-refractivity contribution < 1.29 is 0 Å². The first kappa shape index (κ1) is 16.4. The number of thioether (sulfide) groups is 1. The molecule has 5 heteroatoms. The second-order valence-electron chi connectivity index (χ2n) is 6.92. The number of anilines is 1. The van der Waals surface area contributed by atoms with Gasteiger partial charge in [-0.2, -0.15) is 11.8 Å². The lowest BCUT2D eigenvalue weighted by molar-refractivity contribution is 0.382. The van der Waals surface area contributed by atoms with Crippen LogP contribution < -0.4 is 10.9 Å². The Kier molecular flexibility index (Phi) is 5.02. The Morgan fingerprint density at radius 2 is 2.00 bits per heavy atom. The molecule has 1 heterocycles. The molecule has 0 aliphatic heterocycles. The van der Waals surface area contributed by atoms with Gasteiger partial charge in [-0.15, -0.1) is 0 Å². The summed E-state index contributed by atoms with van der Waals surface area (Å²) >= 11 is 1.93. The molecular weight excluding hydrogens is 282 g/mol. The molecular formula is C16H27N3OS. The maximum absolute atomic E-state index is 12.5. The molecule has 0 atom stereocenters. The van der Waals surface area contributed by atoms with Crippen LogP contribution in [0.1, 0.15) is 52.9 Å². The van der Waals surface area contributed by atoms with Crippen molar-refractivity contribution in [2.45, 2.75) is 63.2 Å². The molecule has 2 rings (SSSR count). The topological polar surface area (TPSA) is 46.9 Å². The van der Waals surface area contributed by atoms with Crippen LogP contribution in [0.5, 0.6) is 0 Å². The molecule has 4 nitrogen and oxygen atoms in total. The van der Waals surface area contributed by atoms with E-state index in [2.05, 4.69) is 16.6 Å². The van der Waals surface area contributed by atoms with Gasteiger partial charge in [0.05, 0.1) is 0 Å². The van der Waals surface area contributed by atoms with Gasteiger partial charge < -0.3 is 9.88 Å². The number of aromatic nitrogens is 2. The van der Waals surface area contributed by atoms with Crippen molar-refractivity contribution in [1.29, 1.82) is 0 Å². The SMILES string of the molecule is CSC1(CNc2nccn(C(C)(C)C)c2=O)CCCCC1. The fourth-order valence-electron chi connectivity index (χ4n) is 2.96. The highest BCUT2D eigenvalue weighted by Crippen LogP contribution is 2.38. The first-order valence-electron chi connectivity index (χ1n) is 7.75. The van der Waals surface area contributed by atoms with Gasteiger partial charge in [-0.05, 0) is 39.9 Å². The van der Waals surface area contributed by atoms with Crippen molar-refractivity contribution in [3.05, 3.63) is 22.7 Å². The van der Waals surface area contributed by atoms with Crippen molar-refractivity contribution in [3.8, 4) is 0 Å². The summed E-state index contributed by atoms with van der Waals surface area (Å²) in [5.74, 6) is 0.478. The molecule has 21 heavy (non-hydrogen) atoms. The van der Waals surface area contributed by atoms with Gasteiger partial charge in [0, 0.05) is 29.2 Å². The molecule has 1 aliphatic rings. The molecule has 1 N–H and O–H groups in total. The van der Waals surface area contributed by atoms with E-state index in [-0.39, 0.29) is 15.8 Å². The Bertz CT molecular complexity index is 527. The molecule has 1 aliphatic carbocycles. The number of hydrogen-bond donors (Lipinski definition) is 1. The summed E-state index contributed by atoms with van der Waals surface area (Å²) in [5.41, 5.74) is -0.254. The zero-order chi connectivity index (χ0) is 15.5. The van der Waals surface area contributed by atoms with E-state index in [1.54, 1.807) is 17.0 Å². The van der Waals surface area contributed by atoms with Crippen molar-refractivity contribution in [3.63, 3.8) is 0 Å². The predicted molar refractivity (Wildman–Crippen MR) is 91.3 cm³/mol. The Morgan fingerprint density at radius 3 is 2.57 bits per heavy atom. The first-order chi connectivity index (χ1) is 9.88. The smallest absolute Gasteiger partial charge is 0.293 e. The van der Waals surface area contributed by atoms with E-state index in [4.69, 9.17) is 0 Å². The molecule has 1 fully saturated rings. The van der Waals surface area contributed by atoms with E-state index >= 15 is 0 Å². The normalized spacial score (nSPS) is 18.5. The van der Waals surface area contributed by atoms with Crippen LogP contribution >= 0.6 is 11.8 Å². The first-order valence-corrected chi connectivity index (χ1v) is 8.98. The van der Waals surface area contributed by atoms with E-state index in [9.17, 15) is 4.79 Å². The summed E-state index contributed by atoms with van der Waals surface area (Å²) in [6.07, 6.45) is 12.0. The van der Waals surface area contributed by atoms with Gasteiger partial charge >= 0.3 is 0 Å². The van der Waals surface area contributed by atoms with Crippen molar-refractivity contribution >= 4 is 17.6 Å². The molecule has 1 saturated carbocycles. The molecule has 0 bridgehead atoms. The lowest BCUT2D eigenvalue weighted by Gasteiger charge is -2.36. The van der Waals surface area contributed by atoms with E-state index in [1.165, 1.54) is 32.1 Å². The predicted octanol–water partition coefficient (Wildman–Crippen LogP) is 3.48. The van der Waals surface area contributed by atoms with Gasteiger partial charge in [0.15, 0.2) is 5.82 Å². The third-order valence-corrected chi connectivity index (χ3v) is 5.76. The second-order valence-corrected chi connectivity index (χ2v) is 8.20. The highest BCUT2D eigenvalue weighted by Gasteiger charge is 2.31. The summed E-state index contributed by atoms with van der Waals surface area (Å²) in [7, 11) is 0. The van der Waals surface area contributed by atoms with Gasteiger partial charge in [-0.25, -0.2) is 4.98 Å². The van der Waals surface area contributed by atoms with E-state index in [0.717, 1.165) is 6.54 Å². The van der Waals surface area contributed by atoms with Gasteiger partial charge in [-0.1, -0.05) is 19.3 Å². The van der Waals surface area contributed by atoms with Crippen molar-refractivity contribution in [1.82, 2.24) is 9.55 Å². The van der Waals surface area contributed by atoms with Gasteiger partial charge in [0.1, 0.15) is 0 Å². The molecule has 0 unspecified atom stereocenters. The molecule has 1 aromatic heterocycles. The van der Waals surface area contributed by atoms with Gasteiger partial charge in [0.25, 0.3) is 5.56 Å². The van der Waals surface area contributed by atoms with Crippen LogP contribution in [0, 0.1) is 0 Å². The average Bonchev–Trinajstić information content (AvgIpc) is 2.46. The quantitative estimate of drug-likeness (QED) is 0.925. The molecule has 1 aromatic rings. The minimum atomic E-state index is -0.224. The van der Waals surface area contributed by atoms with Crippen LogP contribution in [0.25, 0.3) is 0 Å². The zero-order valence-electron chi connectivity index (χ0n) is 13.6. The number of nitrogens with one attached hydrogen (secondary N) is 1. The van der Waals surface area contributed by atoms with E-state index in [0.29, 0.717) is 5.82 Å². The van der Waals surface area contributed by atoms with E-state index in [1.807, 2.05) is 32.5 Å². The third kappa shape index (κ3) is 3.82. The lowest BCUT2D eigenvalue weighted by Crippen LogP contribution is -2.39. The fraction of sp³-hybridized carbons (Fsp3) is 0.750. The Balaban J connectivity index is 2.15. The Hall–Kier alpha value is -0.970. The van der Waals surface area contributed by atoms with Crippen LogP contribution in [-0.2, 0) is 5.54 Å². The highest BCUT2D eigenvalue weighted by atomic mass is 32.2. The summed E-state index contributed by atoms with van der Waals surface area (Å²) in [5, 5.41) is 3.32. The summed E-state index contributed by atoms with van der Waals surface area (Å²) in [6.45, 7) is 6.92. The van der Waals surface area contributed by atoms with Crippen LogP contribution in [0.15, 0.2) is 17.2 Å². The van der Waals surface area contributed by atoms with Crippen LogP contribution in [0.4, 0.5) is 5.82 Å². The van der Waals surface area contributed by atoms with Crippen molar-refractivity contribution in [2.75, 3.05) is 18.1 Å². The minimum Gasteiger partial charge on any atom is -0.364 e. The Morgan fingerprint density at radius 1 is 1.33 bits per heavy atom. The molecule has 0 spiro atoms. The van der Waals surface area contributed by atoms with Crippen molar-refractivity contribution in [2.24, 2.45) is 0 Å². The third-order valence-electron chi connectivity index (χ3n) is 4.34. The number of rotatable bonds is 4. The zero-order valence-corrected chi connectivity index (χ0v) is 14.4. The van der Waals surface area contributed by atoms with Gasteiger partial charge in [0.2, 0.25) is 0 Å². The molecule has 0 aromatic carbocycles. The second kappa shape index (κ2) is 6.42. The monoisotopic (exact) mass is 309 g/mol. The maximum atomic E-state index is 12.5. The molecule has 0 amide bonds. The van der Waals surface area contributed by atoms with Crippen LogP contribution in [0.3, 0.4) is 0 Å². The maximum Gasteiger partial charge on any atom is 0.293 e. The number of nitrogens with zero attached hydrogens (tertiary/aromatic N) is 2. The largest absolute Gasteiger partial charge is 0.364 e. The van der Waals surface area contributed by atoms with Crippen LogP contribution in [0.2, 0.25) is 0 Å². The van der Waals surface area contributed by atoms with Crippen LogP contribution in [-0.4, -0.2) is 27.1 Å². The standard InChI is InChI=1S/C16H27N3OS/c1-15(2,3)19-11-10-17-13(14(19)20)18-12-16(21-4)8-6-5-7-9-16/h10-11H,5-9,12H2,1-4H3,(H,17,18). The highest BCUT2D eigenvalue weighted by molar-refractivity contribution is 8.00. The number of hydrogen-bond acceptors (Lipinski definition) is 4.